The van der Waals surface area contributed by atoms with Crippen molar-refractivity contribution in [2.45, 2.75) is 63.7 Å². The molecule has 0 fully saturated rings. The van der Waals surface area contributed by atoms with Gasteiger partial charge in [-0.1, -0.05) is 49.2 Å². The van der Waals surface area contributed by atoms with Crippen molar-refractivity contribution < 1.29 is 43.5 Å². The number of hydrogen-bond donors (Lipinski definition) is 2. The van der Waals surface area contributed by atoms with Gasteiger partial charge >= 0.3 is 29.6 Å². The van der Waals surface area contributed by atoms with Crippen LogP contribution < -0.4 is 0 Å². The van der Waals surface area contributed by atoms with Gasteiger partial charge in [-0.2, -0.15) is 21.4 Å². The van der Waals surface area contributed by atoms with Crippen molar-refractivity contribution in [2.24, 2.45) is 10.4 Å². The number of benzene rings is 1. The number of hydrogen-bond acceptors (Lipinski definition) is 9. The maximum atomic E-state index is 11.8. The molecule has 0 saturated carbocycles. The minimum atomic E-state index is -4.70. The summed E-state index contributed by atoms with van der Waals surface area (Å²) < 4.78 is 100. The average molecular weight is 827 g/mol. The van der Waals surface area contributed by atoms with E-state index in [4.69, 9.17) is 37.3 Å². The van der Waals surface area contributed by atoms with E-state index in [1.165, 1.54) is 12.1 Å². The second kappa shape index (κ2) is 17.3. The molecule has 0 saturated heterocycles. The third-order valence-corrected chi connectivity index (χ3v) is 11.8. The van der Waals surface area contributed by atoms with Gasteiger partial charge in [0.2, 0.25) is 5.69 Å². The topological polar surface area (TPSA) is 185 Å². The molecule has 0 bridgehead atoms. The van der Waals surface area contributed by atoms with E-state index >= 15 is 0 Å². The van der Waals surface area contributed by atoms with E-state index in [1.54, 1.807) is 36.6 Å². The molecule has 0 unspecified atom stereocenters. The number of allylic oxidation sites excluding steroid dienone is 10. The molecule has 4 rings (SSSR count). The van der Waals surface area contributed by atoms with E-state index in [2.05, 4.69) is 0 Å². The van der Waals surface area contributed by atoms with Crippen LogP contribution in [0.4, 0.5) is 5.69 Å². The average Bonchev–Trinajstić information content (AvgIpc) is 3.37. The summed E-state index contributed by atoms with van der Waals surface area (Å²) in [7, 11) is -12.9. The van der Waals surface area contributed by atoms with Gasteiger partial charge in [0.05, 0.1) is 32.5 Å². The molecule has 3 heterocycles. The Morgan fingerprint density at radius 1 is 0.962 bits per heavy atom. The Morgan fingerprint density at radius 3 is 2.21 bits per heavy atom. The molecule has 1 aromatic carbocycles. The van der Waals surface area contributed by atoms with Gasteiger partial charge < -0.3 is 9.45 Å². The van der Waals surface area contributed by atoms with Gasteiger partial charge in [-0.25, -0.2) is 13.4 Å². The predicted octanol–water partition coefficient (Wildman–Crippen LogP) is 5.53. The molecule has 0 aromatic heterocycles. The summed E-state index contributed by atoms with van der Waals surface area (Å²) in [5.74, 6) is -0.00249. The third kappa shape index (κ3) is 11.3. The van der Waals surface area contributed by atoms with Crippen LogP contribution in [0.1, 0.15) is 58.9 Å². The summed E-state index contributed by atoms with van der Waals surface area (Å²) >= 11 is 13.0. The molecule has 12 nitrogen and oxygen atoms in total. The number of fused-ring (bicyclic) bond motifs is 2. The van der Waals surface area contributed by atoms with Gasteiger partial charge in [-0.05, 0) is 69.5 Å². The Kier molecular flexibility index (Phi) is 14.8. The monoisotopic (exact) mass is 825 g/mol. The molecule has 0 radical (unpaired) electrons. The minimum absolute atomic E-state index is 0. The standard InChI is InChI=1S/C34H41Cl2N3O9S3.Na.H/c1-33(2)28-21-25(36)23-38(17-5-7-19-49(40,41)42)32(28)37-30(33)13-9-11-24(35)12-10-14-31-34(3,4)27-22-26(51(46,47)48)15-16-29(27)39(31)18-6-8-20-50(43,44)45;;/h9-16,21-23H,5-8,17-20H2,1-4H3,(H2-,40,41,42,43,44,45,46,47,48);;. The Morgan fingerprint density at radius 2 is 1.60 bits per heavy atom. The Labute approximate surface area is 338 Å². The van der Waals surface area contributed by atoms with E-state index in [1.807, 2.05) is 55.4 Å². The zero-order valence-electron chi connectivity index (χ0n) is 28.6. The van der Waals surface area contributed by atoms with Crippen LogP contribution in [0.15, 0.2) is 98.2 Å². The van der Waals surface area contributed by atoms with Gasteiger partial charge in [0, 0.05) is 52.9 Å². The van der Waals surface area contributed by atoms with E-state index in [-0.39, 0.29) is 58.8 Å². The number of nitrogens with zero attached hydrogens (tertiary/aromatic N) is 3. The summed E-state index contributed by atoms with van der Waals surface area (Å²) in [5.41, 5.74) is 2.53. The quantitative estimate of drug-likeness (QED) is 0.0749. The summed E-state index contributed by atoms with van der Waals surface area (Å²) in [5, 5.41) is 0.905. The van der Waals surface area contributed by atoms with Crippen molar-refractivity contribution in [1.82, 2.24) is 4.90 Å². The first-order valence-corrected chi connectivity index (χ1v) is 21.4. The molecule has 3 aliphatic rings. The zero-order chi connectivity index (χ0) is 38.0. The molecule has 3 aliphatic heterocycles. The second-order valence-corrected chi connectivity index (χ2v) is 18.8. The van der Waals surface area contributed by atoms with Crippen molar-refractivity contribution in [3.05, 3.63) is 93.8 Å². The summed E-state index contributed by atoms with van der Waals surface area (Å²) in [6.45, 7) is 8.65. The van der Waals surface area contributed by atoms with Crippen LogP contribution in [-0.4, -0.2) is 114 Å². The Bertz CT molecular complexity index is 2170. The van der Waals surface area contributed by atoms with Crippen LogP contribution in [-0.2, 0) is 35.8 Å². The normalized spacial score (nSPS) is 19.6. The second-order valence-electron chi connectivity index (χ2n) is 13.4. The molecule has 0 spiro atoms. The third-order valence-electron chi connectivity index (χ3n) is 8.87. The van der Waals surface area contributed by atoms with Gasteiger partial charge in [-0.15, -0.1) is 0 Å². The zero-order valence-corrected chi connectivity index (χ0v) is 32.5. The first kappa shape index (κ1) is 44.5. The number of unbranched alkanes of at least 4 members (excludes halogenated alkanes) is 2. The Hall–Kier alpha value is -1.89. The predicted molar refractivity (Wildman–Crippen MR) is 206 cm³/mol. The molecule has 1 aromatic rings. The summed E-state index contributed by atoms with van der Waals surface area (Å²) in [4.78, 5) is 6.38. The van der Waals surface area contributed by atoms with Crippen LogP contribution in [0.25, 0.3) is 0 Å². The van der Waals surface area contributed by atoms with Crippen molar-refractivity contribution in [1.29, 1.82) is 0 Å². The van der Waals surface area contributed by atoms with E-state index in [0.29, 0.717) is 53.1 Å². The SMILES string of the molecule is CC1(C)C(=CC=CC(Cl)=CC=CC2=[N+](CCCCS(=O)(=O)O)c3ccc(S(=O)(=O)[O-])cc3C2(C)C)N=C2C1=CC(Cl)=CN2CCCCS(=O)(=O)O.[NaH]. The van der Waals surface area contributed by atoms with Crippen molar-refractivity contribution in [2.75, 3.05) is 24.6 Å². The molecule has 18 heteroatoms. The molecular formula is C34H42Cl2N3NaO9S3. The van der Waals surface area contributed by atoms with Crippen LogP contribution in [0.3, 0.4) is 0 Å². The summed E-state index contributed by atoms with van der Waals surface area (Å²) in [6, 6.07) is 4.19. The fourth-order valence-electron chi connectivity index (χ4n) is 6.19. The molecule has 0 atom stereocenters. The van der Waals surface area contributed by atoms with Crippen molar-refractivity contribution >= 4 is 100 Å². The maximum absolute atomic E-state index is 11.8. The van der Waals surface area contributed by atoms with Gasteiger partial charge in [-0.3, -0.25) is 9.11 Å². The fourth-order valence-corrected chi connectivity index (χ4v) is 8.19. The van der Waals surface area contributed by atoms with Gasteiger partial charge in [0.1, 0.15) is 22.5 Å². The van der Waals surface area contributed by atoms with Gasteiger partial charge in [0.15, 0.2) is 5.71 Å². The van der Waals surface area contributed by atoms with Crippen molar-refractivity contribution in [3.8, 4) is 0 Å². The van der Waals surface area contributed by atoms with Crippen LogP contribution >= 0.6 is 23.2 Å². The fraction of sp³-hybridized carbons (Fsp3) is 0.412. The van der Waals surface area contributed by atoms with E-state index < -0.39 is 41.2 Å². The van der Waals surface area contributed by atoms with Crippen molar-refractivity contribution in [3.63, 3.8) is 0 Å². The first-order valence-electron chi connectivity index (χ1n) is 16.0. The summed E-state index contributed by atoms with van der Waals surface area (Å²) in [6.07, 6.45) is 15.6. The van der Waals surface area contributed by atoms with E-state index in [0.717, 1.165) is 17.0 Å². The van der Waals surface area contributed by atoms with Crippen LogP contribution in [0, 0.1) is 5.41 Å². The number of aliphatic imine (C=N–C) groups is 1. The first-order chi connectivity index (χ1) is 23.5. The van der Waals surface area contributed by atoms with Crippen LogP contribution in [0.5, 0.6) is 0 Å². The van der Waals surface area contributed by atoms with E-state index in [9.17, 15) is 29.8 Å². The number of amidine groups is 1. The van der Waals surface area contributed by atoms with Crippen LogP contribution in [0.2, 0.25) is 0 Å². The molecular weight excluding hydrogens is 784 g/mol. The molecule has 52 heavy (non-hydrogen) atoms. The Balaban J connectivity index is 0.00000729. The number of halogens is 2. The molecule has 280 valence electrons. The van der Waals surface area contributed by atoms with Gasteiger partial charge in [0.25, 0.3) is 20.2 Å². The number of rotatable bonds is 15. The molecule has 2 N–H and O–H groups in total. The molecule has 0 amide bonds. The molecule has 0 aliphatic carbocycles.